The first kappa shape index (κ1) is 10.1. The molecule has 0 fully saturated rings. The van der Waals surface area contributed by atoms with Crippen LogP contribution in [0.5, 0.6) is 11.5 Å². The fourth-order valence-electron chi connectivity index (χ4n) is 0.954. The number of benzene rings is 1. The van der Waals surface area contributed by atoms with Crippen molar-refractivity contribution in [2.75, 3.05) is 6.54 Å². The minimum absolute atomic E-state index is 0.00390. The molecule has 1 rings (SSSR count). The third kappa shape index (κ3) is 1.85. The van der Waals surface area contributed by atoms with Gasteiger partial charge in [0.1, 0.15) is 0 Å². The van der Waals surface area contributed by atoms with Gasteiger partial charge in [-0.15, -0.1) is 0 Å². The zero-order valence-electron chi connectivity index (χ0n) is 6.74. The molecule has 4 nitrogen and oxygen atoms in total. The second kappa shape index (κ2) is 3.83. The standard InChI is InChI=1S/C8H10ClNO3/c9-7-4(6(12)3-10)1-2-5(11)8(7)13/h1-2,6,11-13H,3,10H2. The third-order valence-corrected chi connectivity index (χ3v) is 2.10. The first-order valence-electron chi connectivity index (χ1n) is 3.66. The molecule has 0 aliphatic heterocycles. The van der Waals surface area contributed by atoms with Crippen LogP contribution in [0.4, 0.5) is 0 Å². The molecule has 72 valence electrons. The summed E-state index contributed by atoms with van der Waals surface area (Å²) in [7, 11) is 0. The molecule has 5 N–H and O–H groups in total. The van der Waals surface area contributed by atoms with Crippen LogP contribution in [0.2, 0.25) is 5.02 Å². The molecule has 0 heterocycles. The monoisotopic (exact) mass is 203 g/mol. The Kier molecular flexibility index (Phi) is 2.98. The summed E-state index contributed by atoms with van der Waals surface area (Å²) >= 11 is 5.65. The van der Waals surface area contributed by atoms with Crippen molar-refractivity contribution in [2.24, 2.45) is 5.73 Å². The molecule has 0 radical (unpaired) electrons. The Labute approximate surface area is 80.2 Å². The van der Waals surface area contributed by atoms with E-state index in [1.807, 2.05) is 0 Å². The number of rotatable bonds is 2. The fourth-order valence-corrected chi connectivity index (χ4v) is 1.24. The van der Waals surface area contributed by atoms with E-state index in [-0.39, 0.29) is 17.3 Å². The van der Waals surface area contributed by atoms with Gasteiger partial charge in [-0.2, -0.15) is 0 Å². The number of nitrogens with two attached hydrogens (primary N) is 1. The Morgan fingerprint density at radius 2 is 2.00 bits per heavy atom. The Bertz CT molecular complexity index is 317. The van der Waals surface area contributed by atoms with Crippen molar-refractivity contribution in [2.45, 2.75) is 6.10 Å². The van der Waals surface area contributed by atoms with Crippen LogP contribution >= 0.6 is 11.6 Å². The number of halogens is 1. The van der Waals surface area contributed by atoms with Gasteiger partial charge in [0.25, 0.3) is 0 Å². The maximum absolute atomic E-state index is 9.32. The van der Waals surface area contributed by atoms with Gasteiger partial charge in [0.05, 0.1) is 11.1 Å². The Hall–Kier alpha value is -0.970. The summed E-state index contributed by atoms with van der Waals surface area (Å²) < 4.78 is 0. The quantitative estimate of drug-likeness (QED) is 0.534. The van der Waals surface area contributed by atoms with Crippen LogP contribution in [0, 0.1) is 0 Å². The van der Waals surface area contributed by atoms with Gasteiger partial charge in [-0.25, -0.2) is 0 Å². The van der Waals surface area contributed by atoms with Gasteiger partial charge in [0, 0.05) is 12.1 Å². The number of aliphatic hydroxyl groups is 1. The van der Waals surface area contributed by atoms with Gasteiger partial charge in [-0.3, -0.25) is 0 Å². The summed E-state index contributed by atoms with van der Waals surface area (Å²) in [4.78, 5) is 0. The Balaban J connectivity index is 3.18. The van der Waals surface area contributed by atoms with E-state index >= 15 is 0 Å². The average Bonchev–Trinajstić information content (AvgIpc) is 2.13. The molecule has 0 aliphatic rings. The predicted molar refractivity (Wildman–Crippen MR) is 48.8 cm³/mol. The van der Waals surface area contributed by atoms with Gasteiger partial charge in [0.2, 0.25) is 0 Å². The second-order valence-corrected chi connectivity index (χ2v) is 2.97. The van der Waals surface area contributed by atoms with Crippen molar-refractivity contribution in [1.82, 2.24) is 0 Å². The van der Waals surface area contributed by atoms with E-state index in [0.717, 1.165) is 0 Å². The van der Waals surface area contributed by atoms with Crippen LogP contribution in [0.3, 0.4) is 0 Å². The summed E-state index contributed by atoms with van der Waals surface area (Å²) in [6.45, 7) is 0.00390. The molecule has 5 heteroatoms. The fraction of sp³-hybridized carbons (Fsp3) is 0.250. The topological polar surface area (TPSA) is 86.7 Å². The molecule has 13 heavy (non-hydrogen) atoms. The van der Waals surface area contributed by atoms with E-state index in [9.17, 15) is 10.2 Å². The smallest absolute Gasteiger partial charge is 0.176 e. The summed E-state index contributed by atoms with van der Waals surface area (Å²) in [5, 5.41) is 27.5. The van der Waals surface area contributed by atoms with Crippen molar-refractivity contribution < 1.29 is 15.3 Å². The lowest BCUT2D eigenvalue weighted by Gasteiger charge is -2.11. The van der Waals surface area contributed by atoms with Crippen LogP contribution < -0.4 is 5.73 Å². The number of aromatic hydroxyl groups is 2. The van der Waals surface area contributed by atoms with Crippen LogP contribution in [0.1, 0.15) is 11.7 Å². The van der Waals surface area contributed by atoms with Crippen molar-refractivity contribution in [3.63, 3.8) is 0 Å². The maximum atomic E-state index is 9.32. The Morgan fingerprint density at radius 3 is 2.54 bits per heavy atom. The molecule has 0 bridgehead atoms. The van der Waals surface area contributed by atoms with Crippen molar-refractivity contribution >= 4 is 11.6 Å². The number of aliphatic hydroxyl groups excluding tert-OH is 1. The van der Waals surface area contributed by atoms with Crippen molar-refractivity contribution in [3.8, 4) is 11.5 Å². The zero-order chi connectivity index (χ0) is 10.0. The lowest BCUT2D eigenvalue weighted by atomic mass is 10.1. The summed E-state index contributed by atoms with van der Waals surface area (Å²) in [5.74, 6) is -0.760. The number of phenols is 2. The summed E-state index contributed by atoms with van der Waals surface area (Å²) in [6, 6.07) is 2.66. The van der Waals surface area contributed by atoms with Crippen LogP contribution in [-0.2, 0) is 0 Å². The van der Waals surface area contributed by atoms with E-state index < -0.39 is 11.9 Å². The highest BCUT2D eigenvalue weighted by molar-refractivity contribution is 6.33. The molecule has 0 saturated heterocycles. The minimum atomic E-state index is -0.931. The lowest BCUT2D eigenvalue weighted by molar-refractivity contribution is 0.186. The van der Waals surface area contributed by atoms with Crippen LogP contribution in [0.25, 0.3) is 0 Å². The minimum Gasteiger partial charge on any atom is -0.504 e. The summed E-state index contributed by atoms with van der Waals surface area (Å²) in [5.41, 5.74) is 5.51. The average molecular weight is 204 g/mol. The van der Waals surface area contributed by atoms with E-state index in [1.165, 1.54) is 12.1 Å². The second-order valence-electron chi connectivity index (χ2n) is 2.59. The highest BCUT2D eigenvalue weighted by Gasteiger charge is 2.15. The van der Waals surface area contributed by atoms with Crippen LogP contribution in [0.15, 0.2) is 12.1 Å². The molecular formula is C8H10ClNO3. The van der Waals surface area contributed by atoms with E-state index in [2.05, 4.69) is 0 Å². The van der Waals surface area contributed by atoms with Crippen molar-refractivity contribution in [1.29, 1.82) is 0 Å². The molecule has 0 aliphatic carbocycles. The molecular weight excluding hydrogens is 194 g/mol. The molecule has 0 spiro atoms. The number of phenolic OH excluding ortho intramolecular Hbond substituents is 2. The summed E-state index contributed by atoms with van der Waals surface area (Å²) in [6.07, 6.45) is -0.931. The van der Waals surface area contributed by atoms with Crippen molar-refractivity contribution in [3.05, 3.63) is 22.7 Å². The molecule has 0 amide bonds. The highest BCUT2D eigenvalue weighted by Crippen LogP contribution is 2.37. The zero-order valence-corrected chi connectivity index (χ0v) is 7.49. The third-order valence-electron chi connectivity index (χ3n) is 1.71. The normalized spacial score (nSPS) is 12.8. The molecule has 1 aromatic rings. The van der Waals surface area contributed by atoms with Gasteiger partial charge in [0.15, 0.2) is 11.5 Å². The molecule has 0 aromatic heterocycles. The van der Waals surface area contributed by atoms with E-state index in [0.29, 0.717) is 5.56 Å². The van der Waals surface area contributed by atoms with Gasteiger partial charge in [-0.05, 0) is 6.07 Å². The molecule has 1 aromatic carbocycles. The molecule has 1 atom stereocenters. The highest BCUT2D eigenvalue weighted by atomic mass is 35.5. The van der Waals surface area contributed by atoms with Gasteiger partial charge >= 0.3 is 0 Å². The van der Waals surface area contributed by atoms with Gasteiger partial charge in [-0.1, -0.05) is 17.7 Å². The van der Waals surface area contributed by atoms with Gasteiger partial charge < -0.3 is 21.1 Å². The maximum Gasteiger partial charge on any atom is 0.176 e. The SMILES string of the molecule is NCC(O)c1ccc(O)c(O)c1Cl. The number of hydrogen-bond donors (Lipinski definition) is 4. The molecule has 0 saturated carbocycles. The first-order chi connectivity index (χ1) is 6.07. The predicted octanol–water partition coefficient (Wildman–Crippen LogP) is 0.743. The Morgan fingerprint density at radius 1 is 1.38 bits per heavy atom. The number of hydrogen-bond acceptors (Lipinski definition) is 4. The lowest BCUT2D eigenvalue weighted by Crippen LogP contribution is -2.11. The largest absolute Gasteiger partial charge is 0.504 e. The van der Waals surface area contributed by atoms with E-state index in [4.69, 9.17) is 22.4 Å². The first-order valence-corrected chi connectivity index (χ1v) is 4.04. The van der Waals surface area contributed by atoms with Crippen LogP contribution in [-0.4, -0.2) is 21.9 Å². The molecule has 1 unspecified atom stereocenters. The van der Waals surface area contributed by atoms with E-state index in [1.54, 1.807) is 0 Å².